The van der Waals surface area contributed by atoms with Crippen LogP contribution in [-0.4, -0.2) is 41.3 Å². The van der Waals surface area contributed by atoms with Crippen LogP contribution in [0, 0.1) is 5.92 Å². The molecule has 106 valence electrons. The van der Waals surface area contributed by atoms with Crippen molar-refractivity contribution in [3.63, 3.8) is 0 Å². The van der Waals surface area contributed by atoms with Crippen molar-refractivity contribution in [1.82, 2.24) is 10.6 Å². The fourth-order valence-electron chi connectivity index (χ4n) is 2.43. The monoisotopic (exact) mass is 274 g/mol. The number of hydrogen-bond acceptors (Lipinski definition) is 3. The van der Waals surface area contributed by atoms with E-state index in [4.69, 9.17) is 0 Å². The van der Waals surface area contributed by atoms with Crippen LogP contribution in [0.3, 0.4) is 0 Å². The number of nitrogens with one attached hydrogen (secondary N) is 2. The Morgan fingerprint density at radius 2 is 2.22 bits per heavy atom. The van der Waals surface area contributed by atoms with Crippen molar-refractivity contribution in [3.05, 3.63) is 0 Å². The van der Waals surface area contributed by atoms with Gasteiger partial charge in [0.05, 0.1) is 5.60 Å². The van der Waals surface area contributed by atoms with Gasteiger partial charge in [0.1, 0.15) is 0 Å². The Morgan fingerprint density at radius 1 is 1.50 bits per heavy atom. The molecule has 0 spiro atoms. The minimum Gasteiger partial charge on any atom is -0.387 e. The molecule has 0 aliphatic heterocycles. The Morgan fingerprint density at radius 3 is 2.83 bits per heavy atom. The molecule has 1 fully saturated rings. The molecule has 3 N–H and O–H groups in total. The van der Waals surface area contributed by atoms with Crippen molar-refractivity contribution in [2.24, 2.45) is 5.92 Å². The summed E-state index contributed by atoms with van der Waals surface area (Å²) in [6.45, 7) is 4.27. The lowest BCUT2D eigenvalue weighted by molar-refractivity contribution is 0.0866. The average molecular weight is 274 g/mol. The average Bonchev–Trinajstić information content (AvgIpc) is 2.26. The highest BCUT2D eigenvalue weighted by atomic mass is 32.2. The van der Waals surface area contributed by atoms with Crippen molar-refractivity contribution in [2.75, 3.05) is 18.6 Å². The molecule has 0 radical (unpaired) electrons. The summed E-state index contributed by atoms with van der Waals surface area (Å²) in [7, 11) is 0. The summed E-state index contributed by atoms with van der Waals surface area (Å²) in [5, 5.41) is 15.7. The highest BCUT2D eigenvalue weighted by molar-refractivity contribution is 7.98. The van der Waals surface area contributed by atoms with Crippen LogP contribution in [0.25, 0.3) is 0 Å². The van der Waals surface area contributed by atoms with E-state index in [-0.39, 0.29) is 6.03 Å². The Hall–Kier alpha value is -0.420. The van der Waals surface area contributed by atoms with Gasteiger partial charge in [-0.15, -0.1) is 0 Å². The number of thioether (sulfide) groups is 1. The number of aliphatic hydroxyl groups is 1. The van der Waals surface area contributed by atoms with Crippen molar-refractivity contribution in [1.29, 1.82) is 0 Å². The van der Waals surface area contributed by atoms with Crippen LogP contribution in [0.4, 0.5) is 4.79 Å². The van der Waals surface area contributed by atoms with Gasteiger partial charge in [0.15, 0.2) is 0 Å². The predicted molar refractivity (Wildman–Crippen MR) is 77.0 cm³/mol. The van der Waals surface area contributed by atoms with E-state index in [2.05, 4.69) is 17.6 Å². The van der Waals surface area contributed by atoms with Gasteiger partial charge in [0.25, 0.3) is 0 Å². The molecule has 0 aromatic heterocycles. The number of carbonyl (C=O) groups excluding carboxylic acids is 1. The molecule has 4 nitrogen and oxygen atoms in total. The van der Waals surface area contributed by atoms with E-state index in [9.17, 15) is 9.90 Å². The number of amides is 2. The Balaban J connectivity index is 2.24. The van der Waals surface area contributed by atoms with E-state index >= 15 is 0 Å². The summed E-state index contributed by atoms with van der Waals surface area (Å²) in [4.78, 5) is 11.7. The fraction of sp³-hybridized carbons (Fsp3) is 0.923. The third kappa shape index (κ3) is 5.96. The zero-order chi connectivity index (χ0) is 13.6. The minimum absolute atomic E-state index is 0.157. The maximum absolute atomic E-state index is 11.7. The summed E-state index contributed by atoms with van der Waals surface area (Å²) in [6.07, 6.45) is 6.53. The summed E-state index contributed by atoms with van der Waals surface area (Å²) in [5.74, 6) is 1.32. The molecule has 0 aromatic rings. The third-order valence-corrected chi connectivity index (χ3v) is 4.27. The molecular weight excluding hydrogens is 248 g/mol. The zero-order valence-corrected chi connectivity index (χ0v) is 12.5. The molecule has 0 bridgehead atoms. The summed E-state index contributed by atoms with van der Waals surface area (Å²) in [5.41, 5.74) is -0.837. The van der Waals surface area contributed by atoms with Crippen LogP contribution in [0.5, 0.6) is 0 Å². The summed E-state index contributed by atoms with van der Waals surface area (Å²) < 4.78 is 0. The molecule has 3 unspecified atom stereocenters. The van der Waals surface area contributed by atoms with Gasteiger partial charge in [-0.3, -0.25) is 0 Å². The van der Waals surface area contributed by atoms with E-state index < -0.39 is 5.60 Å². The first kappa shape index (κ1) is 15.6. The second-order valence-electron chi connectivity index (χ2n) is 5.73. The maximum atomic E-state index is 11.7. The highest BCUT2D eigenvalue weighted by Gasteiger charge is 2.23. The van der Waals surface area contributed by atoms with Gasteiger partial charge in [-0.05, 0) is 31.9 Å². The van der Waals surface area contributed by atoms with Crippen molar-refractivity contribution >= 4 is 17.8 Å². The van der Waals surface area contributed by atoms with Crippen LogP contribution in [0.2, 0.25) is 0 Å². The van der Waals surface area contributed by atoms with Crippen LogP contribution in [-0.2, 0) is 0 Å². The first-order valence-corrected chi connectivity index (χ1v) is 8.08. The molecule has 0 aromatic carbocycles. The topological polar surface area (TPSA) is 61.4 Å². The number of rotatable bonds is 5. The molecule has 2 amide bonds. The Bertz CT molecular complexity index is 272. The molecule has 5 heteroatoms. The van der Waals surface area contributed by atoms with Gasteiger partial charge in [0, 0.05) is 18.3 Å². The first-order valence-electron chi connectivity index (χ1n) is 6.68. The van der Waals surface area contributed by atoms with Crippen LogP contribution in [0.1, 0.15) is 39.5 Å². The van der Waals surface area contributed by atoms with Crippen LogP contribution < -0.4 is 10.6 Å². The second kappa shape index (κ2) is 7.24. The van der Waals surface area contributed by atoms with E-state index in [0.29, 0.717) is 24.3 Å². The number of hydrogen-bond donors (Lipinski definition) is 3. The minimum atomic E-state index is -0.837. The lowest BCUT2D eigenvalue weighted by Crippen LogP contribution is -2.49. The third-order valence-electron chi connectivity index (χ3n) is 3.36. The lowest BCUT2D eigenvalue weighted by Gasteiger charge is -2.28. The molecule has 1 aliphatic carbocycles. The van der Waals surface area contributed by atoms with Crippen LogP contribution >= 0.6 is 11.8 Å². The lowest BCUT2D eigenvalue weighted by atomic mass is 9.87. The molecule has 3 atom stereocenters. The van der Waals surface area contributed by atoms with Gasteiger partial charge < -0.3 is 15.7 Å². The SMILES string of the molecule is CSCC(C)(O)CNC(=O)NC1CCCC(C)C1. The largest absolute Gasteiger partial charge is 0.387 e. The maximum Gasteiger partial charge on any atom is 0.315 e. The normalized spacial score (nSPS) is 27.3. The molecule has 18 heavy (non-hydrogen) atoms. The standard InChI is InChI=1S/C13H26N2O2S/c1-10-5-4-6-11(7-10)15-12(16)14-8-13(2,17)9-18-3/h10-11,17H,4-9H2,1-3H3,(H2,14,15,16). The fourth-order valence-corrected chi connectivity index (χ4v) is 3.16. The van der Waals surface area contributed by atoms with Crippen LogP contribution in [0.15, 0.2) is 0 Å². The van der Waals surface area contributed by atoms with Gasteiger partial charge >= 0.3 is 6.03 Å². The van der Waals surface area contributed by atoms with E-state index in [0.717, 1.165) is 12.8 Å². The Kier molecular flexibility index (Phi) is 6.29. The molecular formula is C13H26N2O2S. The molecule has 0 heterocycles. The van der Waals surface area contributed by atoms with Gasteiger partial charge in [-0.1, -0.05) is 19.8 Å². The van der Waals surface area contributed by atoms with Crippen molar-refractivity contribution < 1.29 is 9.90 Å². The van der Waals surface area contributed by atoms with E-state index in [1.807, 2.05) is 6.26 Å². The quantitative estimate of drug-likeness (QED) is 0.718. The van der Waals surface area contributed by atoms with E-state index in [1.165, 1.54) is 12.8 Å². The van der Waals surface area contributed by atoms with Gasteiger partial charge in [-0.2, -0.15) is 11.8 Å². The second-order valence-corrected chi connectivity index (χ2v) is 6.59. The zero-order valence-electron chi connectivity index (χ0n) is 11.7. The Labute approximate surface area is 114 Å². The summed E-state index contributed by atoms with van der Waals surface area (Å²) in [6, 6.07) is 0.134. The molecule has 1 saturated carbocycles. The highest BCUT2D eigenvalue weighted by Crippen LogP contribution is 2.23. The van der Waals surface area contributed by atoms with Gasteiger partial charge in [-0.25, -0.2) is 4.79 Å². The van der Waals surface area contributed by atoms with Crippen molar-refractivity contribution in [2.45, 2.75) is 51.2 Å². The molecule has 1 aliphatic rings. The number of carbonyl (C=O) groups is 1. The van der Waals surface area contributed by atoms with Crippen molar-refractivity contribution in [3.8, 4) is 0 Å². The predicted octanol–water partition coefficient (Wildman–Crippen LogP) is 1.98. The smallest absolute Gasteiger partial charge is 0.315 e. The van der Waals surface area contributed by atoms with Gasteiger partial charge in [0.2, 0.25) is 0 Å². The van der Waals surface area contributed by atoms with E-state index in [1.54, 1.807) is 18.7 Å². The molecule has 0 saturated heterocycles. The number of urea groups is 1. The molecule has 1 rings (SSSR count). The first-order chi connectivity index (χ1) is 8.43. The summed E-state index contributed by atoms with van der Waals surface area (Å²) >= 11 is 1.57.